The summed E-state index contributed by atoms with van der Waals surface area (Å²) in [6, 6.07) is 7.11. The molecule has 12 heteroatoms. The van der Waals surface area contributed by atoms with Gasteiger partial charge in [-0.25, -0.2) is 4.79 Å². The van der Waals surface area contributed by atoms with E-state index in [1.165, 1.54) is 12.3 Å². The first-order valence-electron chi connectivity index (χ1n) is 11.9. The zero-order valence-corrected chi connectivity index (χ0v) is 19.9. The van der Waals surface area contributed by atoms with Crippen molar-refractivity contribution in [2.45, 2.75) is 54.8 Å². The van der Waals surface area contributed by atoms with Gasteiger partial charge in [0.25, 0.3) is 0 Å². The molecule has 1 aromatic carbocycles. The average Bonchev–Trinajstić information content (AvgIpc) is 3.60. The zero-order valence-electron chi connectivity index (χ0n) is 19.9. The molecule has 5 N–H and O–H groups in total. The van der Waals surface area contributed by atoms with E-state index in [4.69, 9.17) is 28.4 Å². The number of aliphatic hydroxyl groups excluding tert-OH is 5. The van der Waals surface area contributed by atoms with Gasteiger partial charge in [0.05, 0.1) is 32.5 Å². The highest BCUT2D eigenvalue weighted by atomic mass is 16.8. The second-order valence-corrected chi connectivity index (χ2v) is 9.43. The molecule has 5 rings (SSSR count). The number of esters is 1. The number of methoxy groups -OCH3 is 1. The van der Waals surface area contributed by atoms with Gasteiger partial charge in [0, 0.05) is 12.0 Å². The maximum absolute atomic E-state index is 12.6. The summed E-state index contributed by atoms with van der Waals surface area (Å²) in [5.41, 5.74) is -0.341. The maximum Gasteiger partial charge on any atom is 0.331 e. The Morgan fingerprint density at radius 3 is 2.51 bits per heavy atom. The first-order chi connectivity index (χ1) is 17.8. The van der Waals surface area contributed by atoms with Gasteiger partial charge in [-0.05, 0) is 29.8 Å². The zero-order chi connectivity index (χ0) is 26.3. The van der Waals surface area contributed by atoms with Crippen LogP contribution in [-0.2, 0) is 28.5 Å². The minimum Gasteiger partial charge on any atom is -0.497 e. The van der Waals surface area contributed by atoms with Gasteiger partial charge < -0.3 is 54.0 Å². The number of fused-ring (bicyclic) bond motifs is 3. The van der Waals surface area contributed by atoms with Crippen molar-refractivity contribution < 1.29 is 58.7 Å². The molecule has 0 bridgehead atoms. The molecular formula is C25H30O12. The van der Waals surface area contributed by atoms with E-state index in [0.717, 1.165) is 5.56 Å². The summed E-state index contributed by atoms with van der Waals surface area (Å²) >= 11 is 0. The second-order valence-electron chi connectivity index (χ2n) is 9.43. The minimum atomic E-state index is -1.63. The lowest BCUT2D eigenvalue weighted by molar-refractivity contribution is -0.344. The monoisotopic (exact) mass is 522 g/mol. The van der Waals surface area contributed by atoms with Crippen LogP contribution in [-0.4, -0.2) is 107 Å². The number of aliphatic hydroxyl groups is 5. The van der Waals surface area contributed by atoms with E-state index in [1.54, 1.807) is 43.5 Å². The van der Waals surface area contributed by atoms with Crippen LogP contribution >= 0.6 is 0 Å². The number of hydrogen-bond donors (Lipinski definition) is 5. The van der Waals surface area contributed by atoms with Crippen LogP contribution in [0.25, 0.3) is 6.08 Å². The molecule has 3 aliphatic heterocycles. The summed E-state index contributed by atoms with van der Waals surface area (Å²) in [5.74, 6) is -1.01. The molecule has 1 aromatic rings. The molecule has 37 heavy (non-hydrogen) atoms. The van der Waals surface area contributed by atoms with Gasteiger partial charge in [-0.1, -0.05) is 12.1 Å². The number of rotatable bonds is 8. The van der Waals surface area contributed by atoms with Crippen LogP contribution in [0.2, 0.25) is 0 Å². The van der Waals surface area contributed by atoms with E-state index in [-0.39, 0.29) is 0 Å². The van der Waals surface area contributed by atoms with Crippen molar-refractivity contribution in [2.75, 3.05) is 20.3 Å². The Balaban J connectivity index is 1.28. The molecule has 11 atom stereocenters. The van der Waals surface area contributed by atoms with Gasteiger partial charge in [-0.2, -0.15) is 0 Å². The van der Waals surface area contributed by atoms with Gasteiger partial charge in [-0.3, -0.25) is 0 Å². The largest absolute Gasteiger partial charge is 0.497 e. The van der Waals surface area contributed by atoms with Crippen molar-refractivity contribution in [3.63, 3.8) is 0 Å². The number of hydrogen-bond acceptors (Lipinski definition) is 12. The highest BCUT2D eigenvalue weighted by Gasteiger charge is 2.77. The van der Waals surface area contributed by atoms with Crippen LogP contribution in [0.4, 0.5) is 0 Å². The van der Waals surface area contributed by atoms with E-state index in [2.05, 4.69) is 0 Å². The lowest BCUT2D eigenvalue weighted by atomic mass is 9.85. The molecule has 3 fully saturated rings. The summed E-state index contributed by atoms with van der Waals surface area (Å²) in [5, 5.41) is 50.1. The van der Waals surface area contributed by atoms with Crippen molar-refractivity contribution in [2.24, 2.45) is 11.8 Å². The minimum absolute atomic E-state index is 0.402. The van der Waals surface area contributed by atoms with Gasteiger partial charge >= 0.3 is 5.97 Å². The fourth-order valence-electron chi connectivity index (χ4n) is 5.34. The van der Waals surface area contributed by atoms with Crippen LogP contribution in [0.3, 0.4) is 0 Å². The summed E-state index contributed by atoms with van der Waals surface area (Å²) in [4.78, 5) is 12.6. The Kier molecular flexibility index (Phi) is 7.27. The number of ether oxygens (including phenoxy) is 6. The lowest BCUT2D eigenvalue weighted by Gasteiger charge is -2.43. The molecule has 0 radical (unpaired) electrons. The number of benzene rings is 1. The fraction of sp³-hybridized carbons (Fsp3) is 0.560. The smallest absolute Gasteiger partial charge is 0.331 e. The third kappa shape index (κ3) is 4.64. The van der Waals surface area contributed by atoms with Crippen molar-refractivity contribution in [1.82, 2.24) is 0 Å². The SMILES string of the molecule is COc1ccc(/C=C/C(=O)O[C@H]2C3C=COC(O[C@@H]4O[C@H](CO)[C@@H](O)[C@H](O)[C@H]4O)C3[C@]3(CO)OC23)cc1. The van der Waals surface area contributed by atoms with Crippen LogP contribution in [0.1, 0.15) is 5.56 Å². The molecule has 12 nitrogen and oxygen atoms in total. The summed E-state index contributed by atoms with van der Waals surface area (Å²) in [7, 11) is 1.56. The fourth-order valence-corrected chi connectivity index (χ4v) is 5.34. The molecule has 3 heterocycles. The third-order valence-electron chi connectivity index (χ3n) is 7.38. The highest BCUT2D eigenvalue weighted by molar-refractivity contribution is 5.87. The van der Waals surface area contributed by atoms with Crippen LogP contribution in [0.15, 0.2) is 42.7 Å². The van der Waals surface area contributed by atoms with Gasteiger partial charge in [0.15, 0.2) is 6.29 Å². The lowest BCUT2D eigenvalue weighted by Crippen LogP contribution is -2.60. The normalized spacial score (nSPS) is 42.1. The molecule has 0 spiro atoms. The van der Waals surface area contributed by atoms with E-state index in [9.17, 15) is 30.3 Å². The Bertz CT molecular complexity index is 1030. The predicted molar refractivity (Wildman–Crippen MR) is 122 cm³/mol. The second kappa shape index (κ2) is 10.3. The number of carbonyl (C=O) groups excluding carboxylic acids is 1. The standard InChI is InChI=1S/C25H30O12/c1-32-13-5-2-12(3-6-13)4-7-16(28)35-21-14-8-9-33-23(17(14)25(11-27)22(21)37-25)36-24-20(31)19(30)18(29)15(10-26)34-24/h2-9,14-15,17-24,26-27,29-31H,10-11H2,1H3/b7-4+/t14?,15-,17?,18-,19+,20-,21+,22?,23?,24+,25+/m1/s1. The van der Waals surface area contributed by atoms with E-state index in [0.29, 0.717) is 5.75 Å². The Hall–Kier alpha value is -2.55. The summed E-state index contributed by atoms with van der Waals surface area (Å²) in [6.45, 7) is -1.02. The molecule has 1 aliphatic carbocycles. The summed E-state index contributed by atoms with van der Waals surface area (Å²) < 4.78 is 33.5. The molecule has 0 aromatic heterocycles. The average molecular weight is 523 g/mol. The van der Waals surface area contributed by atoms with Gasteiger partial charge in [-0.15, -0.1) is 0 Å². The van der Waals surface area contributed by atoms with Crippen molar-refractivity contribution in [1.29, 1.82) is 0 Å². The predicted octanol–water partition coefficient (Wildman–Crippen LogP) is -1.32. The van der Waals surface area contributed by atoms with Crippen LogP contribution in [0.5, 0.6) is 5.75 Å². The van der Waals surface area contributed by atoms with Crippen molar-refractivity contribution in [3.05, 3.63) is 48.2 Å². The van der Waals surface area contributed by atoms with Crippen molar-refractivity contribution in [3.8, 4) is 5.75 Å². The first-order valence-corrected chi connectivity index (χ1v) is 11.9. The third-order valence-corrected chi connectivity index (χ3v) is 7.38. The Morgan fingerprint density at radius 2 is 1.84 bits per heavy atom. The first kappa shape index (κ1) is 26.1. The molecule has 1 saturated carbocycles. The topological polar surface area (TPSA) is 177 Å². The molecular weight excluding hydrogens is 492 g/mol. The molecule has 2 saturated heterocycles. The maximum atomic E-state index is 12.6. The summed E-state index contributed by atoms with van der Waals surface area (Å²) in [6.07, 6.45) is -3.94. The Labute approximate surface area is 212 Å². The van der Waals surface area contributed by atoms with Crippen LogP contribution in [0, 0.1) is 11.8 Å². The Morgan fingerprint density at radius 1 is 1.08 bits per heavy atom. The van der Waals surface area contributed by atoms with E-state index >= 15 is 0 Å². The highest BCUT2D eigenvalue weighted by Crippen LogP contribution is 2.60. The van der Waals surface area contributed by atoms with E-state index < -0.39 is 85.8 Å². The molecule has 4 unspecified atom stereocenters. The molecule has 0 amide bonds. The van der Waals surface area contributed by atoms with Crippen molar-refractivity contribution >= 4 is 12.0 Å². The van der Waals surface area contributed by atoms with Crippen LogP contribution < -0.4 is 4.74 Å². The molecule has 4 aliphatic rings. The number of carbonyl (C=O) groups is 1. The number of epoxide rings is 1. The van der Waals surface area contributed by atoms with Gasteiger partial charge in [0.1, 0.15) is 48.0 Å². The van der Waals surface area contributed by atoms with Gasteiger partial charge in [0.2, 0.25) is 6.29 Å². The quantitative estimate of drug-likeness (QED) is 0.155. The van der Waals surface area contributed by atoms with E-state index in [1.807, 2.05) is 0 Å². The molecule has 202 valence electrons.